The number of urea groups is 1. The van der Waals surface area contributed by atoms with Gasteiger partial charge >= 0.3 is 16.2 Å². The maximum Gasteiger partial charge on any atom is 0.326 e. The van der Waals surface area contributed by atoms with Gasteiger partial charge in [-0.1, -0.05) is 6.07 Å². The molecule has 148 valence electrons. The highest BCUT2D eigenvalue weighted by atomic mass is 32.2. The smallest absolute Gasteiger partial charge is 0.326 e. The number of anilines is 1. The zero-order valence-electron chi connectivity index (χ0n) is 15.1. The average Bonchev–Trinajstić information content (AvgIpc) is 2.87. The van der Waals surface area contributed by atoms with Crippen molar-refractivity contribution in [3.63, 3.8) is 0 Å². The second kappa shape index (κ2) is 7.63. The first kappa shape index (κ1) is 19.3. The normalized spacial score (nSPS) is 21.8. The summed E-state index contributed by atoms with van der Waals surface area (Å²) in [5, 5.41) is 13.1. The van der Waals surface area contributed by atoms with Gasteiger partial charge in [-0.05, 0) is 49.8 Å². The fraction of sp³-hybridized carbons (Fsp3) is 0.529. The van der Waals surface area contributed by atoms with Crippen LogP contribution in [0, 0.1) is 5.92 Å². The SMILES string of the molecule is CCNC(=O)N1CCCC(Cc2ccc(N3CC(=O)NS3(=O)=O)c(O)c2)C1. The molecule has 3 N–H and O–H groups in total. The molecule has 2 fully saturated rings. The molecule has 10 heteroatoms. The molecule has 1 atom stereocenters. The maximum absolute atomic E-state index is 12.0. The Labute approximate surface area is 158 Å². The van der Waals surface area contributed by atoms with Crippen molar-refractivity contribution in [1.82, 2.24) is 14.9 Å². The minimum Gasteiger partial charge on any atom is -0.506 e. The Morgan fingerprint density at radius 2 is 2.19 bits per heavy atom. The van der Waals surface area contributed by atoms with Crippen LogP contribution < -0.4 is 14.3 Å². The lowest BCUT2D eigenvalue weighted by atomic mass is 9.91. The summed E-state index contributed by atoms with van der Waals surface area (Å²) in [6.07, 6.45) is 2.58. The van der Waals surface area contributed by atoms with Crippen molar-refractivity contribution >= 4 is 27.8 Å². The lowest BCUT2D eigenvalue weighted by molar-refractivity contribution is -0.117. The van der Waals surface area contributed by atoms with E-state index in [9.17, 15) is 23.1 Å². The average molecular weight is 396 g/mol. The third-order valence-corrected chi connectivity index (χ3v) is 6.18. The van der Waals surface area contributed by atoms with Crippen LogP contribution in [-0.4, -0.2) is 56.5 Å². The molecule has 1 aromatic carbocycles. The van der Waals surface area contributed by atoms with Crippen LogP contribution in [0.25, 0.3) is 0 Å². The van der Waals surface area contributed by atoms with Crippen LogP contribution in [0.5, 0.6) is 5.75 Å². The quantitative estimate of drug-likeness (QED) is 0.687. The van der Waals surface area contributed by atoms with Crippen molar-refractivity contribution in [2.45, 2.75) is 26.2 Å². The van der Waals surface area contributed by atoms with Crippen LogP contribution in [0.1, 0.15) is 25.3 Å². The van der Waals surface area contributed by atoms with Crippen LogP contribution in [0.3, 0.4) is 0 Å². The van der Waals surface area contributed by atoms with E-state index in [4.69, 9.17) is 0 Å². The Hall–Kier alpha value is -2.49. The van der Waals surface area contributed by atoms with E-state index in [0.717, 1.165) is 29.3 Å². The van der Waals surface area contributed by atoms with Crippen molar-refractivity contribution in [3.05, 3.63) is 23.8 Å². The van der Waals surface area contributed by atoms with Crippen molar-refractivity contribution in [2.24, 2.45) is 5.92 Å². The summed E-state index contributed by atoms with van der Waals surface area (Å²) in [4.78, 5) is 25.2. The number of benzene rings is 1. The number of carbonyl (C=O) groups is 2. The van der Waals surface area contributed by atoms with Gasteiger partial charge in [0.15, 0.2) is 0 Å². The minimum absolute atomic E-state index is 0.0585. The van der Waals surface area contributed by atoms with E-state index in [-0.39, 0.29) is 29.9 Å². The van der Waals surface area contributed by atoms with Crippen LogP contribution in [0.2, 0.25) is 0 Å². The lowest BCUT2D eigenvalue weighted by Crippen LogP contribution is -2.45. The molecule has 1 aromatic rings. The molecule has 0 aromatic heterocycles. The number of hydrogen-bond donors (Lipinski definition) is 3. The number of likely N-dealkylation sites (tertiary alicyclic amines) is 1. The second-order valence-electron chi connectivity index (χ2n) is 6.85. The summed E-state index contributed by atoms with van der Waals surface area (Å²) in [6, 6.07) is 4.72. The molecule has 0 aliphatic carbocycles. The highest BCUT2D eigenvalue weighted by Gasteiger charge is 2.35. The van der Waals surface area contributed by atoms with Crippen molar-refractivity contribution in [3.8, 4) is 5.75 Å². The maximum atomic E-state index is 12.0. The predicted octanol–water partition coefficient (Wildman–Crippen LogP) is 0.557. The van der Waals surface area contributed by atoms with E-state index in [1.807, 2.05) is 11.6 Å². The van der Waals surface area contributed by atoms with Gasteiger partial charge in [0.25, 0.3) is 5.91 Å². The van der Waals surface area contributed by atoms with E-state index in [2.05, 4.69) is 5.32 Å². The summed E-state index contributed by atoms with van der Waals surface area (Å²) in [5.41, 5.74) is 0.930. The molecular weight excluding hydrogens is 372 g/mol. The molecule has 0 radical (unpaired) electrons. The van der Waals surface area contributed by atoms with Gasteiger partial charge in [0.05, 0.1) is 5.69 Å². The first-order chi connectivity index (χ1) is 12.8. The van der Waals surface area contributed by atoms with Crippen molar-refractivity contribution in [2.75, 3.05) is 30.5 Å². The predicted molar refractivity (Wildman–Crippen MR) is 99.6 cm³/mol. The molecule has 1 unspecified atom stereocenters. The number of hydrogen-bond acceptors (Lipinski definition) is 5. The zero-order chi connectivity index (χ0) is 19.6. The number of phenolic OH excluding ortho intramolecular Hbond substituents is 1. The summed E-state index contributed by atoms with van der Waals surface area (Å²) in [5.74, 6) is -0.555. The van der Waals surface area contributed by atoms with E-state index in [1.165, 1.54) is 12.1 Å². The van der Waals surface area contributed by atoms with Crippen LogP contribution in [0.15, 0.2) is 18.2 Å². The Kier molecular flexibility index (Phi) is 5.45. The fourth-order valence-corrected chi connectivity index (χ4v) is 4.74. The van der Waals surface area contributed by atoms with Crippen molar-refractivity contribution < 1.29 is 23.1 Å². The van der Waals surface area contributed by atoms with E-state index < -0.39 is 16.1 Å². The standard InChI is InChI=1S/C17H24N4O5S/c1-2-18-17(24)20-7-3-4-13(10-20)8-12-5-6-14(15(22)9-12)21-11-16(23)19-27(21,25)26/h5-6,9,13,22H,2-4,7-8,10-11H2,1H3,(H,18,24)(H,19,23). The van der Waals surface area contributed by atoms with Crippen molar-refractivity contribution in [1.29, 1.82) is 0 Å². The van der Waals surface area contributed by atoms with E-state index >= 15 is 0 Å². The topological polar surface area (TPSA) is 119 Å². The van der Waals surface area contributed by atoms with Crippen LogP contribution in [0.4, 0.5) is 10.5 Å². The molecule has 2 aliphatic rings. The minimum atomic E-state index is -3.95. The van der Waals surface area contributed by atoms with Gasteiger partial charge < -0.3 is 15.3 Å². The van der Waals surface area contributed by atoms with Gasteiger partial charge in [0, 0.05) is 19.6 Å². The number of carbonyl (C=O) groups excluding carboxylic acids is 2. The van der Waals surface area contributed by atoms with E-state index in [1.54, 1.807) is 11.0 Å². The molecule has 9 nitrogen and oxygen atoms in total. The number of rotatable bonds is 4. The van der Waals surface area contributed by atoms with Gasteiger partial charge in [-0.2, -0.15) is 8.42 Å². The van der Waals surface area contributed by atoms with Gasteiger partial charge in [-0.25, -0.2) is 13.8 Å². The molecule has 3 amide bonds. The summed E-state index contributed by atoms with van der Waals surface area (Å²) in [6.45, 7) is 3.51. The number of piperidine rings is 1. The van der Waals surface area contributed by atoms with Gasteiger partial charge in [-0.3, -0.25) is 4.79 Å². The Balaban J connectivity index is 1.69. The highest BCUT2D eigenvalue weighted by Crippen LogP contribution is 2.32. The Morgan fingerprint density at radius 1 is 1.41 bits per heavy atom. The summed E-state index contributed by atoms with van der Waals surface area (Å²) in [7, 11) is -3.95. The molecule has 2 aliphatic heterocycles. The number of aromatic hydroxyl groups is 1. The Morgan fingerprint density at radius 3 is 2.81 bits per heavy atom. The van der Waals surface area contributed by atoms with Gasteiger partial charge in [0.1, 0.15) is 12.3 Å². The second-order valence-corrected chi connectivity index (χ2v) is 8.45. The van der Waals surface area contributed by atoms with Gasteiger partial charge in [0.2, 0.25) is 0 Å². The third-order valence-electron chi connectivity index (χ3n) is 4.79. The number of nitrogens with one attached hydrogen (secondary N) is 2. The molecule has 27 heavy (non-hydrogen) atoms. The zero-order valence-corrected chi connectivity index (χ0v) is 16.0. The number of phenols is 1. The number of nitrogens with zero attached hydrogens (tertiary/aromatic N) is 2. The van der Waals surface area contributed by atoms with Crippen LogP contribution >= 0.6 is 0 Å². The first-order valence-corrected chi connectivity index (χ1v) is 10.4. The molecule has 2 saturated heterocycles. The number of amides is 3. The van der Waals surface area contributed by atoms with E-state index in [0.29, 0.717) is 19.5 Å². The van der Waals surface area contributed by atoms with Crippen LogP contribution in [-0.2, 0) is 21.4 Å². The lowest BCUT2D eigenvalue weighted by Gasteiger charge is -2.33. The molecule has 2 heterocycles. The Bertz CT molecular complexity index is 842. The summed E-state index contributed by atoms with van der Waals surface area (Å²) >= 11 is 0. The highest BCUT2D eigenvalue weighted by molar-refractivity contribution is 7.92. The fourth-order valence-electron chi connectivity index (χ4n) is 3.58. The molecule has 3 rings (SSSR count). The first-order valence-electron chi connectivity index (χ1n) is 8.98. The molecule has 0 saturated carbocycles. The molecule has 0 bridgehead atoms. The molecule has 0 spiro atoms. The monoisotopic (exact) mass is 396 g/mol. The summed E-state index contributed by atoms with van der Waals surface area (Å²) < 4.78 is 26.6. The molecular formula is C17H24N4O5S. The third kappa shape index (κ3) is 4.26. The van der Waals surface area contributed by atoms with Gasteiger partial charge in [-0.15, -0.1) is 0 Å². The largest absolute Gasteiger partial charge is 0.506 e.